The monoisotopic (exact) mass is 309 g/mol. The van der Waals surface area contributed by atoms with Crippen LogP contribution in [0.5, 0.6) is 0 Å². The van der Waals surface area contributed by atoms with Gasteiger partial charge in [0.05, 0.1) is 0 Å². The summed E-state index contributed by atoms with van der Waals surface area (Å²) >= 11 is 1.89. The Hall–Kier alpha value is -0.540. The van der Waals surface area contributed by atoms with Gasteiger partial charge >= 0.3 is 0 Å². The highest BCUT2D eigenvalue weighted by Gasteiger charge is 2.21. The Morgan fingerprint density at radius 2 is 2.14 bits per heavy atom. The minimum atomic E-state index is -0.0693. The van der Waals surface area contributed by atoms with Gasteiger partial charge in [0.1, 0.15) is 5.82 Å². The van der Waals surface area contributed by atoms with E-state index in [-0.39, 0.29) is 5.82 Å². The molecule has 1 aromatic carbocycles. The van der Waals surface area contributed by atoms with Crippen LogP contribution in [0.3, 0.4) is 0 Å². The highest BCUT2D eigenvalue weighted by atomic mass is 32.2. The standard InChI is InChI=1S/C18H28FNS/c1-13(2)11-20-12-16-17(19)8-5-9-18(16)21-15-7-4-6-14(3)10-15/h5,8-9,13-15,20H,4,6-7,10-12H2,1-3H3. The maximum atomic E-state index is 14.2. The molecule has 0 heterocycles. The Labute approximate surface area is 133 Å². The predicted octanol–water partition coefficient (Wildman–Crippen LogP) is 5.24. The first kappa shape index (κ1) is 16.8. The van der Waals surface area contributed by atoms with E-state index in [9.17, 15) is 4.39 Å². The van der Waals surface area contributed by atoms with Gasteiger partial charge in [-0.2, -0.15) is 0 Å². The summed E-state index contributed by atoms with van der Waals surface area (Å²) in [5, 5.41) is 4.03. The molecule has 1 aliphatic rings. The molecule has 2 atom stereocenters. The molecule has 1 nitrogen and oxygen atoms in total. The number of nitrogens with one attached hydrogen (secondary N) is 1. The average Bonchev–Trinajstić information content (AvgIpc) is 2.41. The Balaban J connectivity index is 2.02. The Morgan fingerprint density at radius 1 is 1.33 bits per heavy atom. The first-order chi connectivity index (χ1) is 10.1. The lowest BCUT2D eigenvalue weighted by atomic mass is 9.91. The molecule has 2 rings (SSSR count). The summed E-state index contributed by atoms with van der Waals surface area (Å²) in [6.45, 7) is 8.25. The van der Waals surface area contributed by atoms with Crippen molar-refractivity contribution in [3.05, 3.63) is 29.6 Å². The average molecular weight is 309 g/mol. The molecule has 0 saturated heterocycles. The van der Waals surface area contributed by atoms with Gasteiger partial charge in [-0.05, 0) is 43.4 Å². The number of benzene rings is 1. The van der Waals surface area contributed by atoms with Crippen LogP contribution in [0.1, 0.15) is 52.0 Å². The fraction of sp³-hybridized carbons (Fsp3) is 0.667. The molecule has 0 aromatic heterocycles. The molecule has 2 unspecified atom stereocenters. The summed E-state index contributed by atoms with van der Waals surface area (Å²) in [5.74, 6) is 1.33. The van der Waals surface area contributed by atoms with Crippen molar-refractivity contribution in [1.82, 2.24) is 5.32 Å². The van der Waals surface area contributed by atoms with Crippen molar-refractivity contribution >= 4 is 11.8 Å². The van der Waals surface area contributed by atoms with Gasteiger partial charge < -0.3 is 5.32 Å². The van der Waals surface area contributed by atoms with E-state index in [2.05, 4.69) is 32.2 Å². The Morgan fingerprint density at radius 3 is 2.86 bits per heavy atom. The van der Waals surface area contributed by atoms with Crippen molar-refractivity contribution in [2.75, 3.05) is 6.54 Å². The highest BCUT2D eigenvalue weighted by Crippen LogP contribution is 2.37. The Kier molecular flexibility index (Phi) is 6.56. The third kappa shape index (κ3) is 5.30. The van der Waals surface area contributed by atoms with Gasteiger partial charge in [0.2, 0.25) is 0 Å². The van der Waals surface area contributed by atoms with Crippen LogP contribution >= 0.6 is 11.8 Å². The molecule has 1 N–H and O–H groups in total. The number of thioether (sulfide) groups is 1. The second-order valence-electron chi connectivity index (χ2n) is 6.75. The van der Waals surface area contributed by atoms with E-state index in [1.165, 1.54) is 25.7 Å². The fourth-order valence-corrected chi connectivity index (χ4v) is 4.51. The van der Waals surface area contributed by atoms with Crippen molar-refractivity contribution < 1.29 is 4.39 Å². The summed E-state index contributed by atoms with van der Waals surface area (Å²) in [4.78, 5) is 1.13. The normalized spacial score (nSPS) is 22.7. The lowest BCUT2D eigenvalue weighted by Crippen LogP contribution is -2.20. The highest BCUT2D eigenvalue weighted by molar-refractivity contribution is 8.00. The zero-order valence-electron chi connectivity index (χ0n) is 13.5. The van der Waals surface area contributed by atoms with E-state index in [0.29, 0.717) is 17.7 Å². The van der Waals surface area contributed by atoms with E-state index < -0.39 is 0 Å². The number of hydrogen-bond acceptors (Lipinski definition) is 2. The summed E-state index contributed by atoms with van der Waals surface area (Å²) in [6, 6.07) is 5.51. The van der Waals surface area contributed by atoms with Crippen molar-refractivity contribution in [1.29, 1.82) is 0 Å². The summed E-state index contributed by atoms with van der Waals surface area (Å²) in [5.41, 5.74) is 0.848. The molecule has 3 heteroatoms. The van der Waals surface area contributed by atoms with Gasteiger partial charge in [0.25, 0.3) is 0 Å². The second kappa shape index (κ2) is 8.19. The van der Waals surface area contributed by atoms with Crippen LogP contribution in [0, 0.1) is 17.7 Å². The molecule has 1 aliphatic carbocycles. The minimum absolute atomic E-state index is 0.0693. The van der Waals surface area contributed by atoms with Gasteiger partial charge in [-0.1, -0.05) is 39.7 Å². The maximum Gasteiger partial charge on any atom is 0.128 e. The molecule has 21 heavy (non-hydrogen) atoms. The number of rotatable bonds is 6. The molecule has 0 amide bonds. The summed E-state index contributed by atoms with van der Waals surface area (Å²) in [7, 11) is 0. The van der Waals surface area contributed by atoms with Crippen LogP contribution in [0.25, 0.3) is 0 Å². The smallest absolute Gasteiger partial charge is 0.128 e. The van der Waals surface area contributed by atoms with E-state index in [1.54, 1.807) is 6.07 Å². The van der Waals surface area contributed by atoms with Crippen LogP contribution in [-0.4, -0.2) is 11.8 Å². The Bertz CT molecular complexity index is 447. The molecule has 1 fully saturated rings. The van der Waals surface area contributed by atoms with Gasteiger partial charge in [-0.15, -0.1) is 11.8 Å². The number of halogens is 1. The second-order valence-corrected chi connectivity index (χ2v) is 8.10. The van der Waals surface area contributed by atoms with Crippen molar-refractivity contribution in [3.63, 3.8) is 0 Å². The van der Waals surface area contributed by atoms with E-state index in [1.807, 2.05) is 17.8 Å². The molecule has 1 aromatic rings. The number of hydrogen-bond donors (Lipinski definition) is 1. The van der Waals surface area contributed by atoms with Crippen LogP contribution in [-0.2, 0) is 6.54 Å². The molecular weight excluding hydrogens is 281 g/mol. The minimum Gasteiger partial charge on any atom is -0.312 e. The van der Waals surface area contributed by atoms with E-state index >= 15 is 0 Å². The first-order valence-corrected chi connectivity index (χ1v) is 9.09. The molecule has 1 saturated carbocycles. The van der Waals surface area contributed by atoms with Gasteiger partial charge in [-0.25, -0.2) is 4.39 Å². The molecule has 118 valence electrons. The van der Waals surface area contributed by atoms with Gasteiger partial charge in [0, 0.05) is 22.3 Å². The third-order valence-electron chi connectivity index (χ3n) is 4.11. The first-order valence-electron chi connectivity index (χ1n) is 8.21. The topological polar surface area (TPSA) is 12.0 Å². The largest absolute Gasteiger partial charge is 0.312 e. The molecule has 0 bridgehead atoms. The quantitative estimate of drug-likeness (QED) is 0.771. The molecule has 0 spiro atoms. The molecule has 0 radical (unpaired) electrons. The van der Waals surface area contributed by atoms with Gasteiger partial charge in [-0.3, -0.25) is 0 Å². The van der Waals surface area contributed by atoms with Gasteiger partial charge in [0.15, 0.2) is 0 Å². The van der Waals surface area contributed by atoms with E-state index in [4.69, 9.17) is 0 Å². The summed E-state index contributed by atoms with van der Waals surface area (Å²) < 4.78 is 14.2. The van der Waals surface area contributed by atoms with Crippen molar-refractivity contribution in [2.45, 2.75) is 63.1 Å². The third-order valence-corrected chi connectivity index (χ3v) is 5.51. The molecule has 0 aliphatic heterocycles. The zero-order chi connectivity index (χ0) is 15.2. The fourth-order valence-electron chi connectivity index (χ4n) is 2.97. The summed E-state index contributed by atoms with van der Waals surface area (Å²) in [6.07, 6.45) is 5.20. The maximum absolute atomic E-state index is 14.2. The zero-order valence-corrected chi connectivity index (χ0v) is 14.3. The van der Waals surface area contributed by atoms with Crippen LogP contribution < -0.4 is 5.32 Å². The van der Waals surface area contributed by atoms with Crippen molar-refractivity contribution in [2.24, 2.45) is 11.8 Å². The van der Waals surface area contributed by atoms with Crippen LogP contribution in [0.4, 0.5) is 4.39 Å². The lowest BCUT2D eigenvalue weighted by molar-refractivity contribution is 0.394. The molecular formula is C18H28FNS. The SMILES string of the molecule is CC(C)CNCc1c(F)cccc1SC1CCCC(C)C1. The van der Waals surface area contributed by atoms with Crippen LogP contribution in [0.15, 0.2) is 23.1 Å². The van der Waals surface area contributed by atoms with Crippen LogP contribution in [0.2, 0.25) is 0 Å². The van der Waals surface area contributed by atoms with Crippen molar-refractivity contribution in [3.8, 4) is 0 Å². The van der Waals surface area contributed by atoms with E-state index in [0.717, 1.165) is 22.9 Å². The lowest BCUT2D eigenvalue weighted by Gasteiger charge is -2.27. The predicted molar refractivity (Wildman–Crippen MR) is 90.2 cm³/mol.